The number of carboxylic acids is 2. The number of alkyl halides is 1. The average Bonchev–Trinajstić information content (AvgIpc) is 1.63. The van der Waals surface area contributed by atoms with Crippen molar-refractivity contribution in [3.05, 3.63) is 52.1 Å². The van der Waals surface area contributed by atoms with Gasteiger partial charge in [0, 0.05) is 45.4 Å². The number of ether oxygens (including phenoxy) is 23. The van der Waals surface area contributed by atoms with E-state index in [0.717, 1.165) is 11.3 Å². The van der Waals surface area contributed by atoms with Crippen LogP contribution in [0.25, 0.3) is 10.9 Å². The highest BCUT2D eigenvalue weighted by molar-refractivity contribution is 9.09. The molecular weight excluding hydrogens is 1500 g/mol. The molecule has 2 aromatic heterocycles. The summed E-state index contributed by atoms with van der Waals surface area (Å²) in [5.74, 6) is -6.87. The van der Waals surface area contributed by atoms with E-state index >= 15 is 0 Å². The lowest BCUT2D eigenvalue weighted by Gasteiger charge is -2.19. The molecule has 2 heterocycles. The Morgan fingerprint density at radius 1 is 0.415 bits per heavy atom. The van der Waals surface area contributed by atoms with Gasteiger partial charge in [-0.15, -0.1) is 11.3 Å². The summed E-state index contributed by atoms with van der Waals surface area (Å²) in [5, 5.41) is 18.9. The fourth-order valence-electron chi connectivity index (χ4n) is 6.65. The molecule has 0 unspecified atom stereocenters. The van der Waals surface area contributed by atoms with Crippen LogP contribution in [0.4, 0.5) is 0 Å². The van der Waals surface area contributed by atoms with Crippen LogP contribution in [0.1, 0.15) is 67.4 Å². The summed E-state index contributed by atoms with van der Waals surface area (Å²) >= 11 is 4.02. The van der Waals surface area contributed by atoms with E-state index in [1.54, 1.807) is 78.0 Å². The Kier molecular flexibility index (Phi) is 64.4. The Balaban J connectivity index is 0. The fourth-order valence-corrected chi connectivity index (χ4v) is 7.50. The van der Waals surface area contributed by atoms with E-state index in [9.17, 15) is 47.9 Å². The van der Waals surface area contributed by atoms with Crippen LogP contribution in [0, 0.1) is 0 Å². The molecule has 0 bridgehead atoms. The third kappa shape index (κ3) is 63.2. The molecule has 0 aliphatic carbocycles. The number of carbonyl (C=O) groups is 10. The maximum atomic E-state index is 13.1. The second-order valence-corrected chi connectivity index (χ2v) is 23.6. The van der Waals surface area contributed by atoms with Crippen LogP contribution >= 0.6 is 27.3 Å². The first-order valence-electron chi connectivity index (χ1n) is 32.8. The highest BCUT2D eigenvalue weighted by atomic mass is 79.9. The van der Waals surface area contributed by atoms with Crippen LogP contribution < -0.4 is 0 Å². The first-order valence-corrected chi connectivity index (χ1v) is 34.8. The lowest BCUT2D eigenvalue weighted by Crippen LogP contribution is -2.28. The number of hydrogen-bond acceptors (Lipinski definition) is 35. The number of aliphatic carboxylic acids is 2. The fraction of sp³-hybridized carbons (Fsp3) is 0.687. The molecule has 37 nitrogen and oxygen atoms in total. The Labute approximate surface area is 629 Å². The summed E-state index contributed by atoms with van der Waals surface area (Å²) in [7, 11) is 7.64. The van der Waals surface area contributed by atoms with Gasteiger partial charge < -0.3 is 124 Å². The number of para-hydroxylation sites is 1. The van der Waals surface area contributed by atoms with Crippen molar-refractivity contribution in [3.63, 3.8) is 0 Å². The van der Waals surface area contributed by atoms with Gasteiger partial charge in [-0.3, -0.25) is 9.59 Å². The average molecular weight is 1610 g/mol. The zero-order chi connectivity index (χ0) is 79.5. The summed E-state index contributed by atoms with van der Waals surface area (Å²) in [6, 6.07) is 7.05. The minimum Gasteiger partial charge on any atom is -0.480 e. The highest BCUT2D eigenvalue weighted by Crippen LogP contribution is 2.26. The summed E-state index contributed by atoms with van der Waals surface area (Å²) in [6.45, 7) is 17.8. The van der Waals surface area contributed by atoms with Gasteiger partial charge in [0.25, 0.3) is 0 Å². The predicted octanol–water partition coefficient (Wildman–Crippen LogP) is 3.22. The van der Waals surface area contributed by atoms with Crippen LogP contribution in [-0.4, -0.2) is 336 Å². The molecule has 39 heteroatoms. The van der Waals surface area contributed by atoms with Crippen molar-refractivity contribution in [2.75, 3.05) is 246 Å². The van der Waals surface area contributed by atoms with Crippen LogP contribution in [-0.2, 0) is 154 Å². The van der Waals surface area contributed by atoms with E-state index < -0.39 is 79.0 Å². The third-order valence-electron chi connectivity index (χ3n) is 11.1. The molecule has 2 N–H and O–H groups in total. The Morgan fingerprint density at radius 3 is 1.09 bits per heavy atom. The van der Waals surface area contributed by atoms with Crippen LogP contribution in [0.5, 0.6) is 0 Å². The number of halogens is 1. The molecule has 0 atom stereocenters. The zero-order valence-corrected chi connectivity index (χ0v) is 64.7. The number of methoxy groups -OCH3 is 5. The van der Waals surface area contributed by atoms with E-state index in [4.69, 9.17) is 110 Å². The number of nitrogens with zero attached hydrogens (tertiary/aromatic N) is 2. The summed E-state index contributed by atoms with van der Waals surface area (Å²) in [4.78, 5) is 117. The number of fused-ring (bicyclic) bond motifs is 1. The summed E-state index contributed by atoms with van der Waals surface area (Å²) < 4.78 is 116. The quantitative estimate of drug-likeness (QED) is 0.0269. The normalized spacial score (nSPS) is 10.9. The molecule has 106 heavy (non-hydrogen) atoms. The SMILES string of the molecule is CC(C)(C)OC(=O)CBr.COCCOCCOCCOCC(=O)O.COCCOCCOCCOCC(=O)OCC(=O)O.COCCOCCOCCOCC(=O)OCC(=O)OC(C)(C)C.COCCOCCOCCOCC(=O)OCC(=O)OCn1cc(C(=O)c2nc(C(=O)OC)cs2)c2ccccc21. The topological polar surface area (TPSA) is 441 Å². The van der Waals surface area contributed by atoms with Crippen molar-refractivity contribution in [3.8, 4) is 0 Å². The molecule has 0 saturated heterocycles. The number of carboxylic acid groups (broad SMARTS) is 2. The number of ketones is 1. The molecule has 0 amide bonds. The number of hydrogen-bond donors (Lipinski definition) is 2. The Bertz CT molecular complexity index is 2830. The Morgan fingerprint density at radius 2 is 0.745 bits per heavy atom. The molecule has 0 saturated carbocycles. The second-order valence-electron chi connectivity index (χ2n) is 22.2. The molecule has 0 aliphatic heterocycles. The predicted molar refractivity (Wildman–Crippen MR) is 376 cm³/mol. The van der Waals surface area contributed by atoms with E-state index in [1.807, 2.05) is 20.8 Å². The van der Waals surface area contributed by atoms with Crippen molar-refractivity contribution in [1.82, 2.24) is 9.55 Å². The van der Waals surface area contributed by atoms with Gasteiger partial charge in [0.15, 0.2) is 37.3 Å². The van der Waals surface area contributed by atoms with Gasteiger partial charge in [0.1, 0.15) is 43.0 Å². The van der Waals surface area contributed by atoms with Crippen LogP contribution in [0.2, 0.25) is 0 Å². The van der Waals surface area contributed by atoms with E-state index in [2.05, 4.69) is 30.4 Å². The lowest BCUT2D eigenvalue weighted by molar-refractivity contribution is -0.168. The number of esters is 7. The number of carbonyl (C=O) groups excluding carboxylic acids is 8. The van der Waals surface area contributed by atoms with E-state index in [-0.39, 0.29) is 93.8 Å². The van der Waals surface area contributed by atoms with Crippen molar-refractivity contribution in [2.45, 2.75) is 59.5 Å². The van der Waals surface area contributed by atoms with Crippen molar-refractivity contribution < 1.29 is 167 Å². The Hall–Kier alpha value is -6.87. The maximum absolute atomic E-state index is 13.1. The standard InChI is InChI=1S/C26H30N2O11S.C15H28O8.C11H20O8.C9H18O6.C6H11BrO2/c1-33-7-8-35-9-10-36-11-12-37-14-22(29)38-15-23(30)39-17-28-13-19(18-5-3-4-6-21(18)28)24(31)25-27-20(16-40-25)26(32)34-2;1-15(2,3)23-14(17)12-22-13(16)11-21-10-9-20-8-7-19-6-5-18-4;1-15-2-3-16-4-5-17-6-7-18-9-11(14)19-8-10(12)13;1-12-2-3-13-4-5-14-6-7-15-8-9(10)11;1-6(2,3)9-5(8)4-7/h3-6,13,16H,7-12,14-15,17H2,1-2H3;5-12H2,1-4H3;2-9H2,1H3,(H,12,13);2-8H2,1H3,(H,10,11);4H2,1-3H3. The number of rotatable bonds is 56. The van der Waals surface area contributed by atoms with Gasteiger partial charge in [-0.25, -0.2) is 43.3 Å². The maximum Gasteiger partial charge on any atom is 0.357 e. The summed E-state index contributed by atoms with van der Waals surface area (Å²) in [5.41, 5.74) is 0.0394. The highest BCUT2D eigenvalue weighted by Gasteiger charge is 2.23. The van der Waals surface area contributed by atoms with Crippen LogP contribution in [0.3, 0.4) is 0 Å². The minimum atomic E-state index is -1.20. The van der Waals surface area contributed by atoms with E-state index in [1.165, 1.54) is 18.7 Å². The van der Waals surface area contributed by atoms with Crippen molar-refractivity contribution in [1.29, 1.82) is 0 Å². The molecule has 0 aliphatic rings. The molecule has 0 fully saturated rings. The first-order chi connectivity index (χ1) is 50.7. The third-order valence-corrected chi connectivity index (χ3v) is 12.4. The molecule has 1 aromatic carbocycles. The molecular formula is C67H107BrN2O35S. The molecule has 608 valence electrons. The van der Waals surface area contributed by atoms with Crippen LogP contribution in [0.15, 0.2) is 35.8 Å². The zero-order valence-electron chi connectivity index (χ0n) is 62.3. The molecule has 3 rings (SSSR count). The van der Waals surface area contributed by atoms with Crippen molar-refractivity contribution in [2.24, 2.45) is 0 Å². The molecule has 0 radical (unpaired) electrons. The molecule has 3 aromatic rings. The summed E-state index contributed by atoms with van der Waals surface area (Å²) in [6.07, 6.45) is 1.53. The number of thiazole rings is 1. The second kappa shape index (κ2) is 67.5. The smallest absolute Gasteiger partial charge is 0.357 e. The number of benzene rings is 1. The minimum absolute atomic E-state index is 0.0429. The van der Waals surface area contributed by atoms with E-state index in [0.29, 0.717) is 142 Å². The lowest BCUT2D eigenvalue weighted by atomic mass is 10.1. The van der Waals surface area contributed by atoms with Gasteiger partial charge in [-0.05, 0) is 47.6 Å². The van der Waals surface area contributed by atoms with Gasteiger partial charge in [-0.2, -0.15) is 0 Å². The first kappa shape index (κ1) is 101. The van der Waals surface area contributed by atoms with Gasteiger partial charge in [0.05, 0.1) is 177 Å². The van der Waals surface area contributed by atoms with Gasteiger partial charge in [0.2, 0.25) is 5.78 Å². The molecule has 0 spiro atoms. The van der Waals surface area contributed by atoms with Gasteiger partial charge in [-0.1, -0.05) is 34.1 Å². The van der Waals surface area contributed by atoms with Crippen molar-refractivity contribution >= 4 is 97.7 Å². The monoisotopic (exact) mass is 1610 g/mol. The van der Waals surface area contributed by atoms with Gasteiger partial charge >= 0.3 is 53.7 Å². The largest absolute Gasteiger partial charge is 0.480 e. The number of aromatic nitrogens is 2.